The minimum absolute atomic E-state index is 0.00367. The summed E-state index contributed by atoms with van der Waals surface area (Å²) >= 11 is 2.72. The number of aromatic nitrogens is 2. The molecule has 3 heterocycles. The number of furan rings is 1. The van der Waals surface area contributed by atoms with Gasteiger partial charge in [0.1, 0.15) is 11.5 Å². The summed E-state index contributed by atoms with van der Waals surface area (Å²) in [4.78, 5) is 27.4. The predicted octanol–water partition coefficient (Wildman–Crippen LogP) is 1.29. The second-order valence-corrected chi connectivity index (χ2v) is 7.89. The molecule has 2 N–H and O–H groups in total. The maximum atomic E-state index is 12.6. The van der Waals surface area contributed by atoms with Crippen LogP contribution in [0, 0.1) is 13.8 Å². The Morgan fingerprint density at radius 2 is 2.00 bits per heavy atom. The van der Waals surface area contributed by atoms with Gasteiger partial charge in [0.05, 0.1) is 11.3 Å². The van der Waals surface area contributed by atoms with E-state index in [2.05, 4.69) is 15.1 Å². The van der Waals surface area contributed by atoms with Crippen molar-refractivity contribution >= 4 is 40.0 Å². The van der Waals surface area contributed by atoms with Gasteiger partial charge in [-0.2, -0.15) is 0 Å². The molecule has 0 spiro atoms. The van der Waals surface area contributed by atoms with Gasteiger partial charge in [-0.05, 0) is 19.9 Å². The lowest BCUT2D eigenvalue weighted by atomic mass is 10.2. The molecule has 134 valence electrons. The van der Waals surface area contributed by atoms with Crippen LogP contribution in [0.1, 0.15) is 21.9 Å². The van der Waals surface area contributed by atoms with Crippen LogP contribution in [-0.2, 0) is 4.79 Å². The molecule has 0 atom stereocenters. The van der Waals surface area contributed by atoms with Gasteiger partial charge in [0, 0.05) is 26.2 Å². The van der Waals surface area contributed by atoms with E-state index in [0.717, 1.165) is 15.2 Å². The minimum Gasteiger partial charge on any atom is -0.466 e. The normalized spacial score (nSPS) is 14.8. The zero-order chi connectivity index (χ0) is 18.0. The van der Waals surface area contributed by atoms with Crippen molar-refractivity contribution in [2.24, 2.45) is 5.73 Å². The fourth-order valence-electron chi connectivity index (χ4n) is 2.64. The highest BCUT2D eigenvalue weighted by Gasteiger charge is 2.26. The van der Waals surface area contributed by atoms with Gasteiger partial charge in [0.25, 0.3) is 5.91 Å². The first-order chi connectivity index (χ1) is 11.9. The van der Waals surface area contributed by atoms with Crippen molar-refractivity contribution in [3.63, 3.8) is 0 Å². The van der Waals surface area contributed by atoms with Gasteiger partial charge in [-0.15, -0.1) is 10.2 Å². The zero-order valence-electron chi connectivity index (χ0n) is 14.0. The van der Waals surface area contributed by atoms with Gasteiger partial charge in [-0.25, -0.2) is 0 Å². The average Bonchev–Trinajstić information content (AvgIpc) is 3.19. The van der Waals surface area contributed by atoms with Crippen molar-refractivity contribution in [2.75, 3.05) is 36.8 Å². The smallest absolute Gasteiger partial charge is 0.257 e. The van der Waals surface area contributed by atoms with Crippen molar-refractivity contribution in [3.8, 4) is 0 Å². The predicted molar refractivity (Wildman–Crippen MR) is 96.1 cm³/mol. The topological polar surface area (TPSA) is 106 Å². The summed E-state index contributed by atoms with van der Waals surface area (Å²) in [6.45, 7) is 6.26. The number of carbonyl (C=O) groups is 2. The van der Waals surface area contributed by atoms with Crippen molar-refractivity contribution in [3.05, 3.63) is 23.2 Å². The fourth-order valence-corrected chi connectivity index (χ4v) is 4.27. The third kappa shape index (κ3) is 4.13. The van der Waals surface area contributed by atoms with E-state index >= 15 is 0 Å². The standard InChI is InChI=1S/C15H19N5O3S2/c1-9-7-11(10(2)23-9)13(22)19-3-5-20(6-4-19)14-17-18-15(25-14)24-8-12(16)21/h7H,3-6,8H2,1-2H3,(H2,16,21). The number of rotatable bonds is 5. The molecule has 0 bridgehead atoms. The van der Waals surface area contributed by atoms with Crippen LogP contribution < -0.4 is 10.6 Å². The molecule has 1 fully saturated rings. The fraction of sp³-hybridized carbons (Fsp3) is 0.467. The van der Waals surface area contributed by atoms with Crippen LogP contribution in [-0.4, -0.2) is 58.8 Å². The first-order valence-corrected chi connectivity index (χ1v) is 9.60. The van der Waals surface area contributed by atoms with E-state index in [4.69, 9.17) is 10.2 Å². The Bertz CT molecular complexity index is 780. The third-order valence-corrected chi connectivity index (χ3v) is 5.98. The first-order valence-electron chi connectivity index (χ1n) is 7.80. The monoisotopic (exact) mass is 381 g/mol. The van der Waals surface area contributed by atoms with Crippen molar-refractivity contribution in [2.45, 2.75) is 18.2 Å². The highest BCUT2D eigenvalue weighted by molar-refractivity contribution is 8.01. The highest BCUT2D eigenvalue weighted by Crippen LogP contribution is 2.28. The molecule has 0 radical (unpaired) electrons. The molecule has 0 unspecified atom stereocenters. The molecule has 2 aromatic rings. The van der Waals surface area contributed by atoms with Gasteiger partial charge >= 0.3 is 0 Å². The van der Waals surface area contributed by atoms with Crippen molar-refractivity contribution < 1.29 is 14.0 Å². The summed E-state index contributed by atoms with van der Waals surface area (Å²) < 4.78 is 6.17. The first kappa shape index (κ1) is 17.7. The molecule has 10 heteroatoms. The lowest BCUT2D eigenvalue weighted by molar-refractivity contribution is -0.115. The van der Waals surface area contributed by atoms with Gasteiger partial charge in [-0.1, -0.05) is 23.1 Å². The Kier molecular flexibility index (Phi) is 5.28. The van der Waals surface area contributed by atoms with Gasteiger partial charge in [0.2, 0.25) is 11.0 Å². The summed E-state index contributed by atoms with van der Waals surface area (Å²) in [5.41, 5.74) is 5.77. The van der Waals surface area contributed by atoms with Gasteiger partial charge < -0.3 is 20.0 Å². The van der Waals surface area contributed by atoms with E-state index in [0.29, 0.717) is 37.5 Å². The van der Waals surface area contributed by atoms with Gasteiger partial charge in [-0.3, -0.25) is 9.59 Å². The molecule has 0 aliphatic carbocycles. The number of nitrogens with zero attached hydrogens (tertiary/aromatic N) is 4. The number of aryl methyl sites for hydroxylation is 2. The van der Waals surface area contributed by atoms with E-state index in [1.165, 1.54) is 23.1 Å². The number of piperazine rings is 1. The molecule has 1 aliphatic rings. The summed E-state index contributed by atoms with van der Waals surface area (Å²) in [6, 6.07) is 1.79. The van der Waals surface area contributed by atoms with E-state index in [9.17, 15) is 9.59 Å². The lowest BCUT2D eigenvalue weighted by Crippen LogP contribution is -2.48. The summed E-state index contributed by atoms with van der Waals surface area (Å²) in [6.07, 6.45) is 0. The number of primary amides is 1. The number of amides is 2. The van der Waals surface area contributed by atoms with Crippen molar-refractivity contribution in [1.29, 1.82) is 0 Å². The van der Waals surface area contributed by atoms with Crippen LogP contribution in [0.15, 0.2) is 14.8 Å². The molecule has 1 saturated heterocycles. The van der Waals surface area contributed by atoms with Crippen LogP contribution >= 0.6 is 23.1 Å². The maximum Gasteiger partial charge on any atom is 0.257 e. The Hall–Kier alpha value is -2.07. The van der Waals surface area contributed by atoms with Crippen molar-refractivity contribution in [1.82, 2.24) is 15.1 Å². The van der Waals surface area contributed by atoms with Crippen LogP contribution in [0.3, 0.4) is 0 Å². The molecule has 2 amide bonds. The molecule has 2 aromatic heterocycles. The maximum absolute atomic E-state index is 12.6. The summed E-state index contributed by atoms with van der Waals surface area (Å²) in [7, 11) is 0. The van der Waals surface area contributed by atoms with Gasteiger partial charge in [0.15, 0.2) is 4.34 Å². The number of nitrogens with two attached hydrogens (primary N) is 1. The SMILES string of the molecule is Cc1cc(C(=O)N2CCN(c3nnc(SCC(N)=O)s3)CC2)c(C)o1. The number of hydrogen-bond donors (Lipinski definition) is 1. The number of thioether (sulfide) groups is 1. The second-order valence-electron chi connectivity index (χ2n) is 5.71. The Labute approximate surface area is 153 Å². The molecular weight excluding hydrogens is 362 g/mol. The van der Waals surface area contributed by atoms with Crippen LogP contribution in [0.4, 0.5) is 5.13 Å². The van der Waals surface area contributed by atoms with E-state index in [-0.39, 0.29) is 17.6 Å². The molecule has 25 heavy (non-hydrogen) atoms. The summed E-state index contributed by atoms with van der Waals surface area (Å²) in [5, 5.41) is 9.04. The number of anilines is 1. The third-order valence-electron chi connectivity index (χ3n) is 3.84. The second kappa shape index (κ2) is 7.44. The molecule has 0 aromatic carbocycles. The zero-order valence-corrected chi connectivity index (χ0v) is 15.7. The molecular formula is C15H19N5O3S2. The van der Waals surface area contributed by atoms with Crippen LogP contribution in [0.25, 0.3) is 0 Å². The largest absolute Gasteiger partial charge is 0.466 e. The highest BCUT2D eigenvalue weighted by atomic mass is 32.2. The Morgan fingerprint density at radius 1 is 1.28 bits per heavy atom. The van der Waals surface area contributed by atoms with E-state index < -0.39 is 0 Å². The quantitative estimate of drug-likeness (QED) is 0.778. The number of hydrogen-bond acceptors (Lipinski definition) is 8. The minimum atomic E-state index is -0.376. The Morgan fingerprint density at radius 3 is 2.60 bits per heavy atom. The molecule has 1 aliphatic heterocycles. The van der Waals surface area contributed by atoms with Crippen LogP contribution in [0.5, 0.6) is 0 Å². The average molecular weight is 381 g/mol. The lowest BCUT2D eigenvalue weighted by Gasteiger charge is -2.34. The van der Waals surface area contributed by atoms with E-state index in [1.54, 1.807) is 6.07 Å². The molecule has 8 nitrogen and oxygen atoms in total. The summed E-state index contributed by atoms with van der Waals surface area (Å²) in [5.74, 6) is 1.22. The Balaban J connectivity index is 1.57. The van der Waals surface area contributed by atoms with E-state index in [1.807, 2.05) is 18.7 Å². The van der Waals surface area contributed by atoms with Crippen LogP contribution in [0.2, 0.25) is 0 Å². The number of carbonyl (C=O) groups excluding carboxylic acids is 2. The molecule has 0 saturated carbocycles. The molecule has 3 rings (SSSR count).